The number of rotatable bonds is 7. The van der Waals surface area contributed by atoms with E-state index in [1.807, 2.05) is 0 Å². The summed E-state index contributed by atoms with van der Waals surface area (Å²) < 4.78 is 17.1. The number of nitrogens with zero attached hydrogens (tertiary/aromatic N) is 1. The van der Waals surface area contributed by atoms with Gasteiger partial charge in [-0.25, -0.2) is 0 Å². The third-order valence-corrected chi connectivity index (χ3v) is 5.37. The fraction of sp³-hybridized carbons (Fsp3) is 0.318. The Hall–Kier alpha value is -3.43. The van der Waals surface area contributed by atoms with E-state index in [-0.39, 0.29) is 31.3 Å². The molecule has 0 saturated carbocycles. The summed E-state index contributed by atoms with van der Waals surface area (Å²) in [5.41, 5.74) is 1.50. The van der Waals surface area contributed by atoms with Crippen LogP contribution in [0.3, 0.4) is 0 Å². The van der Waals surface area contributed by atoms with E-state index in [0.29, 0.717) is 16.9 Å². The van der Waals surface area contributed by atoms with Crippen LogP contribution in [-0.4, -0.2) is 54.6 Å². The van der Waals surface area contributed by atoms with E-state index in [2.05, 4.69) is 10.6 Å². The number of methoxy groups -OCH3 is 1. The van der Waals surface area contributed by atoms with Crippen molar-refractivity contribution in [3.63, 3.8) is 0 Å². The number of fused-ring (bicyclic) bond motifs is 1. The van der Waals surface area contributed by atoms with Crippen LogP contribution in [0.2, 0.25) is 0 Å². The number of aryl methyl sites for hydroxylation is 1. The standard InChI is InChI=1S/C22H23N3O6/c1-13-16(19(26)21(28)24-22(10-29-3)11-30-12-22)9-25(2)18(13)20(27)23-15-4-5-17-14(8-15)6-7-31-17/h4-9H,10-12H2,1-3H3,(H,23,27)(H,24,28). The molecular weight excluding hydrogens is 402 g/mol. The van der Waals surface area contributed by atoms with Crippen molar-refractivity contribution in [2.45, 2.75) is 12.5 Å². The number of Topliss-reactive ketones (excluding diaryl/α,β-unsaturated/α-hetero) is 1. The number of amides is 2. The molecule has 0 atom stereocenters. The van der Waals surface area contributed by atoms with Gasteiger partial charge in [0.25, 0.3) is 17.6 Å². The predicted molar refractivity (Wildman–Crippen MR) is 112 cm³/mol. The second kappa shape index (κ2) is 8.01. The Balaban J connectivity index is 1.52. The Labute approximate surface area is 178 Å². The van der Waals surface area contributed by atoms with E-state index in [9.17, 15) is 14.4 Å². The number of aromatic nitrogens is 1. The van der Waals surface area contributed by atoms with Crippen LogP contribution in [-0.2, 0) is 21.3 Å². The van der Waals surface area contributed by atoms with Crippen molar-refractivity contribution in [3.8, 4) is 0 Å². The SMILES string of the molecule is COCC1(NC(=O)C(=O)c2cn(C)c(C(=O)Nc3ccc4occc4c3)c2C)COC1. The van der Waals surface area contributed by atoms with Gasteiger partial charge in [0, 0.05) is 37.0 Å². The first-order valence-electron chi connectivity index (χ1n) is 9.71. The van der Waals surface area contributed by atoms with Crippen LogP contribution < -0.4 is 10.6 Å². The highest BCUT2D eigenvalue weighted by molar-refractivity contribution is 6.43. The van der Waals surface area contributed by atoms with Crippen molar-refractivity contribution in [3.05, 3.63) is 53.5 Å². The minimum Gasteiger partial charge on any atom is -0.464 e. The number of hydrogen-bond donors (Lipinski definition) is 2. The van der Waals surface area contributed by atoms with Crippen molar-refractivity contribution in [2.75, 3.05) is 32.2 Å². The summed E-state index contributed by atoms with van der Waals surface area (Å²) in [6.07, 6.45) is 3.07. The molecule has 162 valence electrons. The summed E-state index contributed by atoms with van der Waals surface area (Å²) in [6, 6.07) is 7.10. The molecule has 0 aliphatic carbocycles. The van der Waals surface area contributed by atoms with E-state index in [1.54, 1.807) is 49.1 Å². The summed E-state index contributed by atoms with van der Waals surface area (Å²) in [6.45, 7) is 2.45. The summed E-state index contributed by atoms with van der Waals surface area (Å²) in [5, 5.41) is 6.40. The van der Waals surface area contributed by atoms with Gasteiger partial charge in [-0.15, -0.1) is 0 Å². The number of ether oxygens (including phenoxy) is 2. The zero-order valence-corrected chi connectivity index (χ0v) is 17.5. The Morgan fingerprint density at radius 2 is 2.00 bits per heavy atom. The molecule has 0 spiro atoms. The van der Waals surface area contributed by atoms with Gasteiger partial charge in [-0.2, -0.15) is 0 Å². The second-order valence-corrected chi connectivity index (χ2v) is 7.74. The van der Waals surface area contributed by atoms with Crippen LogP contribution in [0, 0.1) is 6.92 Å². The summed E-state index contributed by atoms with van der Waals surface area (Å²) in [5.74, 6) is -1.86. The van der Waals surface area contributed by atoms with E-state index in [1.165, 1.54) is 13.3 Å². The van der Waals surface area contributed by atoms with Crippen LogP contribution in [0.5, 0.6) is 0 Å². The molecule has 3 heterocycles. The molecule has 31 heavy (non-hydrogen) atoms. The Morgan fingerprint density at radius 3 is 2.68 bits per heavy atom. The average molecular weight is 425 g/mol. The van der Waals surface area contributed by atoms with Crippen molar-refractivity contribution in [1.29, 1.82) is 0 Å². The maximum Gasteiger partial charge on any atom is 0.293 e. The van der Waals surface area contributed by atoms with Gasteiger partial charge in [-0.1, -0.05) is 0 Å². The first-order chi connectivity index (χ1) is 14.8. The van der Waals surface area contributed by atoms with Gasteiger partial charge < -0.3 is 29.1 Å². The Morgan fingerprint density at radius 1 is 1.23 bits per heavy atom. The van der Waals surface area contributed by atoms with Crippen molar-refractivity contribution < 1.29 is 28.3 Å². The van der Waals surface area contributed by atoms with E-state index < -0.39 is 17.2 Å². The molecule has 4 rings (SSSR count). The summed E-state index contributed by atoms with van der Waals surface area (Å²) >= 11 is 0. The number of anilines is 1. The molecule has 1 saturated heterocycles. The van der Waals surface area contributed by atoms with E-state index in [0.717, 1.165) is 11.0 Å². The van der Waals surface area contributed by atoms with Crippen molar-refractivity contribution >= 4 is 34.3 Å². The van der Waals surface area contributed by atoms with Gasteiger partial charge in [0.05, 0.1) is 26.1 Å². The van der Waals surface area contributed by atoms with Crippen LogP contribution in [0.4, 0.5) is 5.69 Å². The minimum atomic E-state index is -0.758. The first kappa shape index (κ1) is 20.8. The van der Waals surface area contributed by atoms with Crippen molar-refractivity contribution in [1.82, 2.24) is 9.88 Å². The van der Waals surface area contributed by atoms with Crippen molar-refractivity contribution in [2.24, 2.45) is 7.05 Å². The minimum absolute atomic E-state index is 0.170. The van der Waals surface area contributed by atoms with Gasteiger partial charge in [0.15, 0.2) is 0 Å². The van der Waals surface area contributed by atoms with Crippen LogP contribution in [0.15, 0.2) is 41.1 Å². The van der Waals surface area contributed by atoms with E-state index >= 15 is 0 Å². The molecule has 2 aromatic heterocycles. The maximum atomic E-state index is 12.9. The smallest absolute Gasteiger partial charge is 0.293 e. The molecule has 1 aliphatic rings. The first-order valence-corrected chi connectivity index (χ1v) is 9.71. The molecule has 1 fully saturated rings. The lowest BCUT2D eigenvalue weighted by molar-refractivity contribution is -0.135. The van der Waals surface area contributed by atoms with E-state index in [4.69, 9.17) is 13.9 Å². The highest BCUT2D eigenvalue weighted by Gasteiger charge is 2.42. The number of carbonyl (C=O) groups is 3. The fourth-order valence-corrected chi connectivity index (χ4v) is 3.78. The second-order valence-electron chi connectivity index (χ2n) is 7.74. The topological polar surface area (TPSA) is 112 Å². The molecule has 3 aromatic rings. The van der Waals surface area contributed by atoms with Gasteiger partial charge in [-0.05, 0) is 36.8 Å². The van der Waals surface area contributed by atoms with Gasteiger partial charge in [-0.3, -0.25) is 14.4 Å². The highest BCUT2D eigenvalue weighted by Crippen LogP contribution is 2.23. The molecule has 0 bridgehead atoms. The van der Waals surface area contributed by atoms with Crippen LogP contribution >= 0.6 is 0 Å². The third kappa shape index (κ3) is 3.85. The fourth-order valence-electron chi connectivity index (χ4n) is 3.78. The van der Waals surface area contributed by atoms with Gasteiger partial charge in [0.1, 0.15) is 16.8 Å². The Bertz CT molecular complexity index is 1170. The molecule has 0 radical (unpaired) electrons. The highest BCUT2D eigenvalue weighted by atomic mass is 16.5. The largest absolute Gasteiger partial charge is 0.464 e. The zero-order valence-electron chi connectivity index (χ0n) is 17.5. The molecule has 0 unspecified atom stereocenters. The molecule has 9 heteroatoms. The number of furan rings is 1. The Kier molecular flexibility index (Phi) is 5.38. The molecule has 2 N–H and O–H groups in total. The normalized spacial score (nSPS) is 14.8. The lowest BCUT2D eigenvalue weighted by atomic mass is 9.97. The van der Waals surface area contributed by atoms with Gasteiger partial charge in [0.2, 0.25) is 0 Å². The molecule has 1 aliphatic heterocycles. The summed E-state index contributed by atoms with van der Waals surface area (Å²) in [7, 11) is 3.17. The maximum absolute atomic E-state index is 12.9. The molecule has 1 aromatic carbocycles. The molecule has 2 amide bonds. The quantitative estimate of drug-likeness (QED) is 0.443. The molecule has 9 nitrogen and oxygen atoms in total. The monoisotopic (exact) mass is 425 g/mol. The zero-order chi connectivity index (χ0) is 22.2. The number of nitrogens with one attached hydrogen (secondary N) is 2. The lowest BCUT2D eigenvalue weighted by Crippen LogP contribution is -2.65. The number of hydrogen-bond acceptors (Lipinski definition) is 6. The van der Waals surface area contributed by atoms with Gasteiger partial charge >= 0.3 is 0 Å². The molecular formula is C22H23N3O6. The van der Waals surface area contributed by atoms with Crippen LogP contribution in [0.1, 0.15) is 26.4 Å². The summed E-state index contributed by atoms with van der Waals surface area (Å²) in [4.78, 5) is 38.3. The number of benzene rings is 1. The lowest BCUT2D eigenvalue weighted by Gasteiger charge is -2.41. The number of carbonyl (C=O) groups excluding carboxylic acids is 3. The number of ketones is 1. The average Bonchev–Trinajstić information content (AvgIpc) is 3.29. The predicted octanol–water partition coefficient (Wildman–Crippen LogP) is 2.05. The third-order valence-electron chi connectivity index (χ3n) is 5.37. The van der Waals surface area contributed by atoms with Crippen LogP contribution in [0.25, 0.3) is 11.0 Å².